The number of aliphatic hydroxyl groups excluding tert-OH is 1. The van der Waals surface area contributed by atoms with Gasteiger partial charge < -0.3 is 10.4 Å². The summed E-state index contributed by atoms with van der Waals surface area (Å²) in [6.07, 6.45) is 2.62. The van der Waals surface area contributed by atoms with Gasteiger partial charge in [0.25, 0.3) is 0 Å². The standard InChI is InChI=1S/C12H13F2N3O/c13-9-2-3-12(11(14)6-9)15-7-10(18)8-17-5-1-4-16-17/h1-6,10,15,18H,7-8H2. The molecule has 0 aliphatic heterocycles. The molecule has 1 heterocycles. The molecule has 18 heavy (non-hydrogen) atoms. The van der Waals surface area contributed by atoms with Gasteiger partial charge in [-0.15, -0.1) is 0 Å². The average molecular weight is 253 g/mol. The number of hydrogen-bond donors (Lipinski definition) is 2. The molecule has 0 amide bonds. The van der Waals surface area contributed by atoms with E-state index in [4.69, 9.17) is 0 Å². The van der Waals surface area contributed by atoms with Gasteiger partial charge in [0.2, 0.25) is 0 Å². The number of nitrogens with zero attached hydrogens (tertiary/aromatic N) is 2. The van der Waals surface area contributed by atoms with E-state index in [-0.39, 0.29) is 12.2 Å². The number of hydrogen-bond acceptors (Lipinski definition) is 3. The molecule has 0 spiro atoms. The summed E-state index contributed by atoms with van der Waals surface area (Å²) < 4.78 is 27.5. The molecule has 2 aromatic rings. The average Bonchev–Trinajstić information content (AvgIpc) is 2.80. The van der Waals surface area contributed by atoms with Crippen molar-refractivity contribution >= 4 is 5.69 Å². The summed E-state index contributed by atoms with van der Waals surface area (Å²) in [7, 11) is 0. The SMILES string of the molecule is OC(CNc1ccc(F)cc1F)Cn1cccn1. The maximum absolute atomic E-state index is 13.3. The predicted octanol–water partition coefficient (Wildman–Crippen LogP) is 1.63. The fourth-order valence-corrected chi connectivity index (χ4v) is 1.55. The molecule has 1 atom stereocenters. The van der Waals surface area contributed by atoms with Crippen LogP contribution in [0.15, 0.2) is 36.7 Å². The fourth-order valence-electron chi connectivity index (χ4n) is 1.55. The van der Waals surface area contributed by atoms with E-state index in [9.17, 15) is 13.9 Å². The van der Waals surface area contributed by atoms with Gasteiger partial charge in [0.05, 0.1) is 18.3 Å². The molecule has 1 unspecified atom stereocenters. The van der Waals surface area contributed by atoms with Gasteiger partial charge in [0, 0.05) is 25.0 Å². The first-order valence-electron chi connectivity index (χ1n) is 5.49. The van der Waals surface area contributed by atoms with Crippen LogP contribution in [-0.2, 0) is 6.54 Å². The Bertz CT molecular complexity index is 502. The second-order valence-electron chi connectivity index (χ2n) is 3.89. The maximum Gasteiger partial charge on any atom is 0.149 e. The van der Waals surface area contributed by atoms with Crippen LogP contribution in [0.4, 0.5) is 14.5 Å². The summed E-state index contributed by atoms with van der Waals surface area (Å²) in [5, 5.41) is 16.4. The van der Waals surface area contributed by atoms with E-state index in [0.29, 0.717) is 6.54 Å². The van der Waals surface area contributed by atoms with Crippen LogP contribution in [0.2, 0.25) is 0 Å². The number of aliphatic hydroxyl groups is 1. The summed E-state index contributed by atoms with van der Waals surface area (Å²) in [5.74, 6) is -1.31. The van der Waals surface area contributed by atoms with Gasteiger partial charge in [-0.25, -0.2) is 8.78 Å². The lowest BCUT2D eigenvalue weighted by Gasteiger charge is -2.13. The van der Waals surface area contributed by atoms with Gasteiger partial charge in [-0.05, 0) is 18.2 Å². The highest BCUT2D eigenvalue weighted by Gasteiger charge is 2.08. The first-order valence-corrected chi connectivity index (χ1v) is 5.49. The Morgan fingerprint density at radius 2 is 2.22 bits per heavy atom. The van der Waals surface area contributed by atoms with E-state index in [1.807, 2.05) is 0 Å². The smallest absolute Gasteiger partial charge is 0.149 e. The Balaban J connectivity index is 1.87. The molecule has 2 N–H and O–H groups in total. The van der Waals surface area contributed by atoms with Crippen LogP contribution in [0.3, 0.4) is 0 Å². The highest BCUT2D eigenvalue weighted by molar-refractivity contribution is 5.44. The van der Waals surface area contributed by atoms with Gasteiger partial charge >= 0.3 is 0 Å². The third-order valence-corrected chi connectivity index (χ3v) is 2.42. The summed E-state index contributed by atoms with van der Waals surface area (Å²) in [6, 6.07) is 5.00. The third kappa shape index (κ3) is 3.27. The molecule has 0 saturated carbocycles. The molecule has 0 bridgehead atoms. The molecule has 1 aromatic carbocycles. The minimum absolute atomic E-state index is 0.155. The van der Waals surface area contributed by atoms with E-state index >= 15 is 0 Å². The Morgan fingerprint density at radius 3 is 2.89 bits per heavy atom. The molecule has 0 saturated heterocycles. The van der Waals surface area contributed by atoms with Crippen molar-refractivity contribution in [3.63, 3.8) is 0 Å². The monoisotopic (exact) mass is 253 g/mol. The van der Waals surface area contributed by atoms with Gasteiger partial charge in [-0.3, -0.25) is 4.68 Å². The van der Waals surface area contributed by atoms with Crippen LogP contribution < -0.4 is 5.32 Å². The van der Waals surface area contributed by atoms with Gasteiger partial charge in [-0.1, -0.05) is 0 Å². The lowest BCUT2D eigenvalue weighted by molar-refractivity contribution is 0.161. The van der Waals surface area contributed by atoms with Crippen molar-refractivity contribution in [2.24, 2.45) is 0 Å². The van der Waals surface area contributed by atoms with E-state index in [1.165, 1.54) is 6.07 Å². The molecule has 0 aliphatic carbocycles. The summed E-state index contributed by atoms with van der Waals surface area (Å²) in [6.45, 7) is 0.464. The quantitative estimate of drug-likeness (QED) is 0.851. The van der Waals surface area contributed by atoms with Crippen LogP contribution in [0.5, 0.6) is 0 Å². The Labute approximate surface area is 103 Å². The number of rotatable bonds is 5. The Morgan fingerprint density at radius 1 is 1.39 bits per heavy atom. The summed E-state index contributed by atoms with van der Waals surface area (Å²) in [5.41, 5.74) is 0.163. The number of nitrogens with one attached hydrogen (secondary N) is 1. The molecule has 4 nitrogen and oxygen atoms in total. The van der Waals surface area contributed by atoms with Crippen molar-refractivity contribution in [3.8, 4) is 0 Å². The molecule has 6 heteroatoms. The van der Waals surface area contributed by atoms with Gasteiger partial charge in [0.15, 0.2) is 0 Å². The van der Waals surface area contributed by atoms with Gasteiger partial charge in [-0.2, -0.15) is 5.10 Å². The number of halogens is 2. The number of anilines is 1. The molecular formula is C12H13F2N3O. The van der Waals surface area contributed by atoms with Crippen LogP contribution in [-0.4, -0.2) is 27.5 Å². The zero-order valence-electron chi connectivity index (χ0n) is 9.55. The second kappa shape index (κ2) is 5.59. The zero-order chi connectivity index (χ0) is 13.0. The predicted molar refractivity (Wildman–Crippen MR) is 63.1 cm³/mol. The van der Waals surface area contributed by atoms with Crippen LogP contribution in [0.1, 0.15) is 0 Å². The first kappa shape index (κ1) is 12.5. The Hall–Kier alpha value is -1.95. The maximum atomic E-state index is 13.3. The topological polar surface area (TPSA) is 50.1 Å². The van der Waals surface area contributed by atoms with E-state index in [2.05, 4.69) is 10.4 Å². The highest BCUT2D eigenvalue weighted by Crippen LogP contribution is 2.14. The molecular weight excluding hydrogens is 240 g/mol. The molecule has 2 rings (SSSR count). The Kier molecular flexibility index (Phi) is 3.88. The van der Waals surface area contributed by atoms with Crippen molar-refractivity contribution in [1.82, 2.24) is 9.78 Å². The van der Waals surface area contributed by atoms with E-state index in [1.54, 1.807) is 23.1 Å². The van der Waals surface area contributed by atoms with E-state index in [0.717, 1.165) is 12.1 Å². The highest BCUT2D eigenvalue weighted by atomic mass is 19.1. The summed E-state index contributed by atoms with van der Waals surface area (Å²) >= 11 is 0. The van der Waals surface area contributed by atoms with Crippen LogP contribution in [0.25, 0.3) is 0 Å². The molecule has 0 radical (unpaired) electrons. The molecule has 0 fully saturated rings. The zero-order valence-corrected chi connectivity index (χ0v) is 9.55. The van der Waals surface area contributed by atoms with Gasteiger partial charge in [0.1, 0.15) is 11.6 Å². The number of aromatic nitrogens is 2. The van der Waals surface area contributed by atoms with E-state index < -0.39 is 17.7 Å². The van der Waals surface area contributed by atoms with Crippen LogP contribution >= 0.6 is 0 Å². The fraction of sp³-hybridized carbons (Fsp3) is 0.250. The van der Waals surface area contributed by atoms with Crippen molar-refractivity contribution < 1.29 is 13.9 Å². The summed E-state index contributed by atoms with van der Waals surface area (Å²) in [4.78, 5) is 0. The minimum Gasteiger partial charge on any atom is -0.389 e. The lowest BCUT2D eigenvalue weighted by Crippen LogP contribution is -2.25. The number of benzene rings is 1. The van der Waals surface area contributed by atoms with Crippen molar-refractivity contribution in [1.29, 1.82) is 0 Å². The van der Waals surface area contributed by atoms with Crippen molar-refractivity contribution in [2.75, 3.05) is 11.9 Å². The molecule has 1 aromatic heterocycles. The first-order chi connectivity index (χ1) is 8.65. The van der Waals surface area contributed by atoms with Crippen LogP contribution in [0, 0.1) is 11.6 Å². The molecule has 0 aliphatic rings. The third-order valence-electron chi connectivity index (χ3n) is 2.42. The lowest BCUT2D eigenvalue weighted by atomic mass is 10.2. The second-order valence-corrected chi connectivity index (χ2v) is 3.89. The van der Waals surface area contributed by atoms with Crippen molar-refractivity contribution in [2.45, 2.75) is 12.6 Å². The minimum atomic E-state index is -0.714. The molecule has 96 valence electrons. The van der Waals surface area contributed by atoms with Crippen molar-refractivity contribution in [3.05, 3.63) is 48.3 Å². The normalized spacial score (nSPS) is 12.4. The largest absolute Gasteiger partial charge is 0.389 e.